The molecule has 0 unspecified atom stereocenters. The lowest BCUT2D eigenvalue weighted by Crippen LogP contribution is -2.14. The van der Waals surface area contributed by atoms with Gasteiger partial charge in [0, 0.05) is 5.56 Å². The minimum absolute atomic E-state index is 0.0774. The molecule has 4 aromatic rings. The third kappa shape index (κ3) is 3.48. The highest BCUT2D eigenvalue weighted by Crippen LogP contribution is 2.25. The van der Waals surface area contributed by atoms with Crippen molar-refractivity contribution in [2.24, 2.45) is 0 Å². The van der Waals surface area contributed by atoms with E-state index in [0.717, 1.165) is 11.3 Å². The van der Waals surface area contributed by atoms with E-state index >= 15 is 0 Å². The summed E-state index contributed by atoms with van der Waals surface area (Å²) in [6, 6.07) is 26.5. The van der Waals surface area contributed by atoms with Gasteiger partial charge in [-0.25, -0.2) is 9.67 Å². The Morgan fingerprint density at radius 2 is 1.54 bits per heavy atom. The molecular formula is C22H18N4O2. The number of para-hydroxylation sites is 3. The molecule has 0 aliphatic carbocycles. The third-order valence-corrected chi connectivity index (χ3v) is 4.20. The van der Waals surface area contributed by atoms with E-state index in [9.17, 15) is 4.79 Å². The number of ether oxygens (including phenoxy) is 1. The number of nitrogens with zero attached hydrogens (tertiary/aromatic N) is 3. The average Bonchev–Trinajstić information content (AvgIpc) is 3.21. The summed E-state index contributed by atoms with van der Waals surface area (Å²) in [5.74, 6) is 0.837. The number of hydrogen-bond acceptors (Lipinski definition) is 4. The van der Waals surface area contributed by atoms with Crippen LogP contribution >= 0.6 is 0 Å². The zero-order chi connectivity index (χ0) is 19.3. The van der Waals surface area contributed by atoms with Crippen LogP contribution in [0.15, 0.2) is 84.9 Å². The number of amides is 1. The van der Waals surface area contributed by atoms with E-state index in [1.165, 1.54) is 0 Å². The van der Waals surface area contributed by atoms with Gasteiger partial charge in [-0.1, -0.05) is 60.7 Å². The van der Waals surface area contributed by atoms with Crippen molar-refractivity contribution in [2.45, 2.75) is 0 Å². The number of anilines is 1. The van der Waals surface area contributed by atoms with Gasteiger partial charge in [0.25, 0.3) is 5.91 Å². The Morgan fingerprint density at radius 3 is 2.25 bits per heavy atom. The SMILES string of the molecule is COc1ccccc1NC(=O)c1nc(-c2ccccc2)n(-c2ccccc2)n1. The van der Waals surface area contributed by atoms with E-state index in [-0.39, 0.29) is 5.82 Å². The lowest BCUT2D eigenvalue weighted by Gasteiger charge is -2.07. The standard InChI is InChI=1S/C22H18N4O2/c1-28-19-15-9-8-14-18(19)23-22(27)20-24-21(16-10-4-2-5-11-16)26(25-20)17-12-6-3-7-13-17/h2-15H,1H3,(H,23,27). The second-order valence-electron chi connectivity index (χ2n) is 6.03. The molecule has 6 nitrogen and oxygen atoms in total. The van der Waals surface area contributed by atoms with Crippen LogP contribution in [0.3, 0.4) is 0 Å². The molecular weight excluding hydrogens is 352 g/mol. The smallest absolute Gasteiger partial charge is 0.295 e. The molecule has 28 heavy (non-hydrogen) atoms. The van der Waals surface area contributed by atoms with Crippen molar-refractivity contribution in [3.63, 3.8) is 0 Å². The van der Waals surface area contributed by atoms with E-state index in [2.05, 4.69) is 15.4 Å². The van der Waals surface area contributed by atoms with E-state index in [4.69, 9.17) is 4.74 Å². The molecule has 0 aliphatic heterocycles. The number of methoxy groups -OCH3 is 1. The van der Waals surface area contributed by atoms with Crippen molar-refractivity contribution in [1.29, 1.82) is 0 Å². The van der Waals surface area contributed by atoms with Crippen molar-refractivity contribution in [3.05, 3.63) is 90.8 Å². The second kappa shape index (κ2) is 7.75. The summed E-state index contributed by atoms with van der Waals surface area (Å²) < 4.78 is 6.96. The van der Waals surface area contributed by atoms with Crippen LogP contribution in [0.2, 0.25) is 0 Å². The first-order valence-electron chi connectivity index (χ1n) is 8.78. The second-order valence-corrected chi connectivity index (χ2v) is 6.03. The summed E-state index contributed by atoms with van der Waals surface area (Å²) in [7, 11) is 1.56. The summed E-state index contributed by atoms with van der Waals surface area (Å²) in [5, 5.41) is 7.28. The quantitative estimate of drug-likeness (QED) is 0.572. The summed E-state index contributed by atoms with van der Waals surface area (Å²) in [4.78, 5) is 17.3. The lowest BCUT2D eigenvalue weighted by atomic mass is 10.2. The van der Waals surface area contributed by atoms with Gasteiger partial charge in [-0.3, -0.25) is 4.79 Å². The Balaban J connectivity index is 1.74. The Kier molecular flexibility index (Phi) is 4.84. The largest absolute Gasteiger partial charge is 0.495 e. The number of carbonyl (C=O) groups is 1. The van der Waals surface area contributed by atoms with Crippen LogP contribution in [0.4, 0.5) is 5.69 Å². The van der Waals surface area contributed by atoms with Gasteiger partial charge >= 0.3 is 0 Å². The Labute approximate surface area is 162 Å². The van der Waals surface area contributed by atoms with Crippen LogP contribution in [0.25, 0.3) is 17.1 Å². The van der Waals surface area contributed by atoms with Crippen LogP contribution in [-0.2, 0) is 0 Å². The number of carbonyl (C=O) groups excluding carboxylic acids is 1. The van der Waals surface area contributed by atoms with Gasteiger partial charge < -0.3 is 10.1 Å². The average molecular weight is 370 g/mol. The van der Waals surface area contributed by atoms with Crippen molar-refractivity contribution < 1.29 is 9.53 Å². The molecule has 6 heteroatoms. The molecule has 0 aliphatic rings. The molecule has 0 spiro atoms. The summed E-state index contributed by atoms with van der Waals surface area (Å²) in [6.45, 7) is 0. The molecule has 138 valence electrons. The minimum Gasteiger partial charge on any atom is -0.495 e. The van der Waals surface area contributed by atoms with E-state index in [1.54, 1.807) is 23.9 Å². The monoisotopic (exact) mass is 370 g/mol. The highest BCUT2D eigenvalue weighted by molar-refractivity contribution is 6.02. The maximum atomic E-state index is 12.8. The minimum atomic E-state index is -0.406. The zero-order valence-electron chi connectivity index (χ0n) is 15.2. The van der Waals surface area contributed by atoms with Crippen LogP contribution in [0, 0.1) is 0 Å². The van der Waals surface area contributed by atoms with Crippen LogP contribution in [0.1, 0.15) is 10.6 Å². The number of rotatable bonds is 5. The van der Waals surface area contributed by atoms with Gasteiger partial charge in [0.2, 0.25) is 5.82 Å². The third-order valence-electron chi connectivity index (χ3n) is 4.20. The van der Waals surface area contributed by atoms with Gasteiger partial charge in [-0.2, -0.15) is 0 Å². The Bertz CT molecular complexity index is 1030. The van der Waals surface area contributed by atoms with Crippen LogP contribution in [-0.4, -0.2) is 27.8 Å². The van der Waals surface area contributed by atoms with Gasteiger partial charge in [0.15, 0.2) is 5.82 Å². The maximum Gasteiger partial charge on any atom is 0.295 e. The zero-order valence-corrected chi connectivity index (χ0v) is 15.2. The molecule has 3 aromatic carbocycles. The molecule has 0 saturated carbocycles. The van der Waals surface area contributed by atoms with E-state index in [1.807, 2.05) is 72.8 Å². The number of benzene rings is 3. The molecule has 0 atom stereocenters. The van der Waals surface area contributed by atoms with E-state index < -0.39 is 5.91 Å². The molecule has 1 amide bonds. The summed E-state index contributed by atoms with van der Waals surface area (Å²) in [6.07, 6.45) is 0. The van der Waals surface area contributed by atoms with Gasteiger partial charge in [-0.15, -0.1) is 5.10 Å². The predicted molar refractivity (Wildman–Crippen MR) is 108 cm³/mol. The first kappa shape index (κ1) is 17.5. The predicted octanol–water partition coefficient (Wildman–Crippen LogP) is 4.20. The molecule has 0 saturated heterocycles. The van der Waals surface area contributed by atoms with Crippen LogP contribution < -0.4 is 10.1 Å². The maximum absolute atomic E-state index is 12.8. The first-order valence-corrected chi connectivity index (χ1v) is 8.78. The topological polar surface area (TPSA) is 69.0 Å². The van der Waals surface area contributed by atoms with Crippen molar-refractivity contribution in [2.75, 3.05) is 12.4 Å². The Morgan fingerprint density at radius 1 is 0.893 bits per heavy atom. The normalized spacial score (nSPS) is 10.5. The lowest BCUT2D eigenvalue weighted by molar-refractivity contribution is 0.101. The van der Waals surface area contributed by atoms with E-state index in [0.29, 0.717) is 17.3 Å². The summed E-state index contributed by atoms with van der Waals surface area (Å²) >= 11 is 0. The highest BCUT2D eigenvalue weighted by Gasteiger charge is 2.19. The van der Waals surface area contributed by atoms with Crippen molar-refractivity contribution in [1.82, 2.24) is 14.8 Å². The van der Waals surface area contributed by atoms with Gasteiger partial charge in [0.05, 0.1) is 18.5 Å². The molecule has 0 bridgehead atoms. The van der Waals surface area contributed by atoms with Crippen molar-refractivity contribution in [3.8, 4) is 22.8 Å². The number of aromatic nitrogens is 3. The fraction of sp³-hybridized carbons (Fsp3) is 0.0455. The molecule has 1 aromatic heterocycles. The molecule has 0 fully saturated rings. The van der Waals surface area contributed by atoms with Gasteiger partial charge in [-0.05, 0) is 24.3 Å². The fourth-order valence-electron chi connectivity index (χ4n) is 2.86. The molecule has 1 heterocycles. The number of hydrogen-bond donors (Lipinski definition) is 1. The molecule has 1 N–H and O–H groups in total. The van der Waals surface area contributed by atoms with Crippen molar-refractivity contribution >= 4 is 11.6 Å². The van der Waals surface area contributed by atoms with Crippen LogP contribution in [0.5, 0.6) is 5.75 Å². The highest BCUT2D eigenvalue weighted by atomic mass is 16.5. The van der Waals surface area contributed by atoms with Gasteiger partial charge in [0.1, 0.15) is 5.75 Å². The Hall–Kier alpha value is -3.93. The first-order chi connectivity index (χ1) is 13.8. The summed E-state index contributed by atoms with van der Waals surface area (Å²) in [5.41, 5.74) is 2.26. The number of nitrogens with one attached hydrogen (secondary N) is 1. The molecule has 4 rings (SSSR count). The fourth-order valence-corrected chi connectivity index (χ4v) is 2.86. The molecule has 0 radical (unpaired) electrons.